The largest absolute Gasteiger partial charge is 0.315 e. The van der Waals surface area contributed by atoms with Crippen molar-refractivity contribution in [2.45, 2.75) is 37.9 Å². The Labute approximate surface area is 91.4 Å². The van der Waals surface area contributed by atoms with Gasteiger partial charge in [-0.3, -0.25) is 0 Å². The summed E-state index contributed by atoms with van der Waals surface area (Å²) in [6.45, 7) is 6.54. The summed E-state index contributed by atoms with van der Waals surface area (Å²) < 4.78 is 0.308. The van der Waals surface area contributed by atoms with Crippen LogP contribution in [0.5, 0.6) is 0 Å². The monoisotopic (exact) mass is 212 g/mol. The molecule has 3 heteroatoms. The Hall–Kier alpha value is -0.200. The van der Waals surface area contributed by atoms with Gasteiger partial charge in [-0.2, -0.15) is 17.0 Å². The molecule has 1 aliphatic carbocycles. The molecule has 0 bridgehead atoms. The third-order valence-electron chi connectivity index (χ3n) is 3.01. The molecule has 0 aliphatic heterocycles. The molecule has 1 saturated carbocycles. The predicted molar refractivity (Wildman–Crippen MR) is 62.4 cm³/mol. The SMILES string of the molecule is CSC(C)(C)CNCC1(CC#N)CC1. The highest BCUT2D eigenvalue weighted by Gasteiger charge is 2.42. The second kappa shape index (κ2) is 4.55. The van der Waals surface area contributed by atoms with Crippen LogP contribution in [0.3, 0.4) is 0 Å². The molecule has 0 spiro atoms. The van der Waals surface area contributed by atoms with Gasteiger partial charge in [-0.1, -0.05) is 0 Å². The predicted octanol–water partition coefficient (Wildman–Crippen LogP) is 2.41. The lowest BCUT2D eigenvalue weighted by Gasteiger charge is -2.23. The van der Waals surface area contributed by atoms with Crippen LogP contribution < -0.4 is 5.32 Å². The summed E-state index contributed by atoms with van der Waals surface area (Å²) in [6, 6.07) is 2.29. The van der Waals surface area contributed by atoms with Crippen LogP contribution in [0.25, 0.3) is 0 Å². The van der Waals surface area contributed by atoms with Gasteiger partial charge in [0, 0.05) is 24.3 Å². The summed E-state index contributed by atoms with van der Waals surface area (Å²) in [4.78, 5) is 0. The molecule has 14 heavy (non-hydrogen) atoms. The zero-order chi connectivity index (χ0) is 10.7. The number of hydrogen-bond donors (Lipinski definition) is 1. The van der Waals surface area contributed by atoms with Gasteiger partial charge in [0.25, 0.3) is 0 Å². The molecule has 1 aliphatic rings. The fourth-order valence-corrected chi connectivity index (χ4v) is 1.71. The normalized spacial score (nSPS) is 19.0. The van der Waals surface area contributed by atoms with E-state index in [9.17, 15) is 0 Å². The van der Waals surface area contributed by atoms with E-state index in [-0.39, 0.29) is 0 Å². The minimum Gasteiger partial charge on any atom is -0.315 e. The average Bonchev–Trinajstić information content (AvgIpc) is 2.86. The van der Waals surface area contributed by atoms with Gasteiger partial charge in [0.2, 0.25) is 0 Å². The standard InChI is InChI=1S/C11H20N2S/c1-10(2,14-3)8-13-9-11(4-5-11)6-7-12/h13H,4-6,8-9H2,1-3H3. The van der Waals surface area contributed by atoms with Gasteiger partial charge in [0.15, 0.2) is 0 Å². The van der Waals surface area contributed by atoms with Gasteiger partial charge in [-0.25, -0.2) is 0 Å². The molecule has 0 aromatic carbocycles. The molecule has 0 heterocycles. The van der Waals surface area contributed by atoms with E-state index in [1.54, 1.807) is 0 Å². The summed E-state index contributed by atoms with van der Waals surface area (Å²) >= 11 is 1.88. The number of nitrogens with one attached hydrogen (secondary N) is 1. The lowest BCUT2D eigenvalue weighted by molar-refractivity contribution is 0.452. The first kappa shape index (κ1) is 11.9. The van der Waals surface area contributed by atoms with Crippen molar-refractivity contribution >= 4 is 11.8 Å². The summed E-state index contributed by atoms with van der Waals surface area (Å²) in [5.41, 5.74) is 0.337. The van der Waals surface area contributed by atoms with Crippen molar-refractivity contribution in [2.75, 3.05) is 19.3 Å². The van der Waals surface area contributed by atoms with Gasteiger partial charge in [0.1, 0.15) is 0 Å². The molecule has 1 rings (SSSR count). The van der Waals surface area contributed by atoms with Crippen LogP contribution in [-0.2, 0) is 0 Å². The fourth-order valence-electron chi connectivity index (χ4n) is 1.46. The molecule has 80 valence electrons. The molecule has 0 unspecified atom stereocenters. The number of nitrogens with zero attached hydrogens (tertiary/aromatic N) is 1. The maximum absolute atomic E-state index is 8.67. The summed E-state index contributed by atoms with van der Waals surface area (Å²) in [5, 5.41) is 12.2. The number of rotatable bonds is 6. The van der Waals surface area contributed by atoms with Gasteiger partial charge in [-0.15, -0.1) is 0 Å². The van der Waals surface area contributed by atoms with Gasteiger partial charge in [-0.05, 0) is 38.4 Å². The molecular weight excluding hydrogens is 192 g/mol. The van der Waals surface area contributed by atoms with Gasteiger partial charge < -0.3 is 5.32 Å². The Morgan fingerprint density at radius 2 is 2.14 bits per heavy atom. The Morgan fingerprint density at radius 1 is 1.50 bits per heavy atom. The van der Waals surface area contributed by atoms with Crippen LogP contribution in [-0.4, -0.2) is 24.1 Å². The van der Waals surface area contributed by atoms with Gasteiger partial charge >= 0.3 is 0 Å². The molecule has 0 atom stereocenters. The minimum absolute atomic E-state index is 0.308. The van der Waals surface area contributed by atoms with Crippen molar-refractivity contribution in [3.8, 4) is 6.07 Å². The van der Waals surface area contributed by atoms with Crippen LogP contribution >= 0.6 is 11.8 Å². The average molecular weight is 212 g/mol. The highest BCUT2D eigenvalue weighted by molar-refractivity contribution is 7.99. The fraction of sp³-hybridized carbons (Fsp3) is 0.909. The zero-order valence-corrected chi connectivity index (χ0v) is 10.2. The molecule has 1 N–H and O–H groups in total. The molecule has 0 saturated heterocycles. The highest BCUT2D eigenvalue weighted by atomic mass is 32.2. The molecule has 0 amide bonds. The van der Waals surface area contributed by atoms with E-state index >= 15 is 0 Å². The maximum atomic E-state index is 8.67. The van der Waals surface area contributed by atoms with E-state index in [1.165, 1.54) is 12.8 Å². The quantitative estimate of drug-likeness (QED) is 0.734. The Morgan fingerprint density at radius 3 is 2.57 bits per heavy atom. The van der Waals surface area contributed by atoms with E-state index in [0.717, 1.165) is 19.5 Å². The number of nitriles is 1. The third-order valence-corrected chi connectivity index (χ3v) is 4.26. The molecule has 0 aromatic rings. The highest BCUT2D eigenvalue weighted by Crippen LogP contribution is 2.47. The summed E-state index contributed by atoms with van der Waals surface area (Å²) in [7, 11) is 0. The zero-order valence-electron chi connectivity index (χ0n) is 9.39. The lowest BCUT2D eigenvalue weighted by atomic mass is 10.0. The second-order valence-electron chi connectivity index (χ2n) is 4.90. The van der Waals surface area contributed by atoms with Crippen molar-refractivity contribution < 1.29 is 0 Å². The summed E-state index contributed by atoms with van der Waals surface area (Å²) in [5.74, 6) is 0. The van der Waals surface area contributed by atoms with E-state index in [0.29, 0.717) is 10.2 Å². The van der Waals surface area contributed by atoms with Crippen LogP contribution in [0.4, 0.5) is 0 Å². The first-order chi connectivity index (χ1) is 6.54. The van der Waals surface area contributed by atoms with Crippen LogP contribution in [0.15, 0.2) is 0 Å². The topological polar surface area (TPSA) is 35.8 Å². The van der Waals surface area contributed by atoms with Crippen molar-refractivity contribution in [3.05, 3.63) is 0 Å². The molecule has 0 radical (unpaired) electrons. The van der Waals surface area contributed by atoms with Crippen molar-refractivity contribution in [1.29, 1.82) is 5.26 Å². The molecule has 0 aromatic heterocycles. The number of thioether (sulfide) groups is 1. The van der Waals surface area contributed by atoms with Crippen LogP contribution in [0.2, 0.25) is 0 Å². The lowest BCUT2D eigenvalue weighted by Crippen LogP contribution is -2.35. The van der Waals surface area contributed by atoms with Crippen LogP contribution in [0, 0.1) is 16.7 Å². The smallest absolute Gasteiger partial charge is 0.0628 e. The van der Waals surface area contributed by atoms with E-state index in [2.05, 4.69) is 31.5 Å². The Balaban J connectivity index is 2.19. The van der Waals surface area contributed by atoms with Crippen molar-refractivity contribution in [3.63, 3.8) is 0 Å². The molecule has 2 nitrogen and oxygen atoms in total. The van der Waals surface area contributed by atoms with E-state index < -0.39 is 0 Å². The second-order valence-corrected chi connectivity index (χ2v) is 6.42. The first-order valence-electron chi connectivity index (χ1n) is 5.16. The molecular formula is C11H20N2S. The Kier molecular flexibility index (Phi) is 3.86. The van der Waals surface area contributed by atoms with E-state index in [1.807, 2.05) is 11.8 Å². The first-order valence-corrected chi connectivity index (χ1v) is 6.39. The molecule has 1 fully saturated rings. The third kappa shape index (κ3) is 3.51. The van der Waals surface area contributed by atoms with Gasteiger partial charge in [0.05, 0.1) is 6.07 Å². The van der Waals surface area contributed by atoms with E-state index in [4.69, 9.17) is 5.26 Å². The Bertz CT molecular complexity index is 226. The number of hydrogen-bond acceptors (Lipinski definition) is 3. The summed E-state index contributed by atoms with van der Waals surface area (Å²) in [6.07, 6.45) is 5.32. The minimum atomic E-state index is 0.308. The van der Waals surface area contributed by atoms with Crippen molar-refractivity contribution in [1.82, 2.24) is 5.32 Å². The van der Waals surface area contributed by atoms with Crippen LogP contribution in [0.1, 0.15) is 33.1 Å². The van der Waals surface area contributed by atoms with Crippen molar-refractivity contribution in [2.24, 2.45) is 5.41 Å². The maximum Gasteiger partial charge on any atom is 0.0628 e.